The van der Waals surface area contributed by atoms with Gasteiger partial charge >= 0.3 is 0 Å². The van der Waals surface area contributed by atoms with Crippen molar-refractivity contribution < 1.29 is 27.9 Å². The summed E-state index contributed by atoms with van der Waals surface area (Å²) in [7, 11) is -1.96. The number of aliphatic hydroxyl groups is 1. The van der Waals surface area contributed by atoms with Crippen LogP contribution in [0.5, 0.6) is 5.75 Å². The minimum Gasteiger partial charge on any atom is -0.486 e. The van der Waals surface area contributed by atoms with Crippen LogP contribution >= 0.6 is 0 Å². The summed E-state index contributed by atoms with van der Waals surface area (Å²) in [4.78, 5) is 28.0. The van der Waals surface area contributed by atoms with Gasteiger partial charge in [-0.2, -0.15) is 0 Å². The predicted molar refractivity (Wildman–Crippen MR) is 130 cm³/mol. The van der Waals surface area contributed by atoms with Gasteiger partial charge in [0.1, 0.15) is 6.10 Å². The molecule has 190 valence electrons. The average molecular weight is 496 g/mol. The average Bonchev–Trinajstić information content (AvgIpc) is 2.81. The molecule has 34 heavy (non-hydrogen) atoms. The van der Waals surface area contributed by atoms with E-state index in [-0.39, 0.29) is 48.1 Å². The maximum atomic E-state index is 13.5. The molecule has 0 bridgehead atoms. The molecule has 10 heteroatoms. The van der Waals surface area contributed by atoms with Crippen molar-refractivity contribution in [2.45, 2.75) is 58.1 Å². The first-order valence-corrected chi connectivity index (χ1v) is 13.8. The van der Waals surface area contributed by atoms with Crippen molar-refractivity contribution in [3.8, 4) is 5.75 Å². The first kappa shape index (κ1) is 26.4. The third kappa shape index (κ3) is 6.09. The van der Waals surface area contributed by atoms with Gasteiger partial charge in [-0.25, -0.2) is 12.7 Å². The van der Waals surface area contributed by atoms with Gasteiger partial charge in [-0.15, -0.1) is 0 Å². The Morgan fingerprint density at radius 3 is 2.59 bits per heavy atom. The standard InChI is InChI=1S/C24H37N3O6S/c1-16-13-27(17(2)15-28)24(30)19-11-8-12-20(25-23(29)18-9-6-5-7-10-18)22(19)33-21(16)14-26(3)34(4,31)32/h8,11-12,16-18,21,28H,5-7,9-10,13-15H2,1-4H3,(H,25,29)/t16-,17-,21-/m1/s1. The number of carbonyl (C=O) groups is 2. The molecule has 3 atom stereocenters. The number of nitrogens with one attached hydrogen (secondary N) is 1. The molecule has 0 radical (unpaired) electrons. The number of para-hydroxylation sites is 1. The third-order valence-electron chi connectivity index (χ3n) is 6.93. The molecule has 1 aromatic carbocycles. The minimum absolute atomic E-state index is 0.0779. The lowest BCUT2D eigenvalue weighted by molar-refractivity contribution is -0.120. The fraction of sp³-hybridized carbons (Fsp3) is 0.667. The summed E-state index contributed by atoms with van der Waals surface area (Å²) >= 11 is 0. The van der Waals surface area contributed by atoms with E-state index in [1.54, 1.807) is 30.0 Å². The van der Waals surface area contributed by atoms with Crippen LogP contribution in [0, 0.1) is 11.8 Å². The van der Waals surface area contributed by atoms with Crippen LogP contribution in [-0.4, -0.2) is 79.7 Å². The number of ether oxygens (including phenoxy) is 1. The number of benzene rings is 1. The zero-order valence-electron chi connectivity index (χ0n) is 20.5. The maximum Gasteiger partial charge on any atom is 0.258 e. The molecule has 1 saturated carbocycles. The summed E-state index contributed by atoms with van der Waals surface area (Å²) in [6.07, 6.45) is 5.40. The van der Waals surface area contributed by atoms with Crippen molar-refractivity contribution in [3.05, 3.63) is 23.8 Å². The van der Waals surface area contributed by atoms with Crippen LogP contribution < -0.4 is 10.1 Å². The molecular formula is C24H37N3O6S. The van der Waals surface area contributed by atoms with Gasteiger partial charge in [0, 0.05) is 25.4 Å². The summed E-state index contributed by atoms with van der Waals surface area (Å²) in [6.45, 7) is 3.82. The molecule has 1 aliphatic carbocycles. The van der Waals surface area contributed by atoms with Crippen LogP contribution in [0.25, 0.3) is 0 Å². The zero-order valence-corrected chi connectivity index (χ0v) is 21.3. The number of nitrogens with zero attached hydrogens (tertiary/aromatic N) is 2. The van der Waals surface area contributed by atoms with Crippen molar-refractivity contribution in [2.24, 2.45) is 11.8 Å². The summed E-state index contributed by atoms with van der Waals surface area (Å²) < 4.78 is 31.7. The second kappa shape index (κ2) is 11.0. The quantitative estimate of drug-likeness (QED) is 0.600. The van der Waals surface area contributed by atoms with E-state index < -0.39 is 22.2 Å². The Hall–Kier alpha value is -2.17. The van der Waals surface area contributed by atoms with Gasteiger partial charge in [-0.3, -0.25) is 9.59 Å². The van der Waals surface area contributed by atoms with Crippen molar-refractivity contribution >= 4 is 27.5 Å². The first-order chi connectivity index (χ1) is 16.0. The number of hydrogen-bond acceptors (Lipinski definition) is 6. The van der Waals surface area contributed by atoms with E-state index in [1.165, 1.54) is 11.4 Å². The largest absolute Gasteiger partial charge is 0.486 e. The molecular weight excluding hydrogens is 458 g/mol. The number of sulfonamides is 1. The van der Waals surface area contributed by atoms with Crippen molar-refractivity contribution in [2.75, 3.05) is 38.3 Å². The van der Waals surface area contributed by atoms with Crippen LogP contribution in [0.1, 0.15) is 56.3 Å². The van der Waals surface area contributed by atoms with Crippen LogP contribution in [-0.2, 0) is 14.8 Å². The molecule has 0 saturated heterocycles. The highest BCUT2D eigenvalue weighted by atomic mass is 32.2. The van der Waals surface area contributed by atoms with Crippen LogP contribution in [0.3, 0.4) is 0 Å². The van der Waals surface area contributed by atoms with E-state index in [1.807, 2.05) is 6.92 Å². The lowest BCUT2D eigenvalue weighted by Gasteiger charge is -2.38. The van der Waals surface area contributed by atoms with Crippen molar-refractivity contribution in [1.29, 1.82) is 0 Å². The summed E-state index contributed by atoms with van der Waals surface area (Å²) in [5, 5.41) is 12.7. The normalized spacial score (nSPS) is 23.0. The lowest BCUT2D eigenvalue weighted by atomic mass is 9.88. The highest BCUT2D eigenvalue weighted by Gasteiger charge is 2.35. The van der Waals surface area contributed by atoms with E-state index >= 15 is 0 Å². The van der Waals surface area contributed by atoms with Crippen LogP contribution in [0.4, 0.5) is 5.69 Å². The smallest absolute Gasteiger partial charge is 0.258 e. The second-order valence-electron chi connectivity index (χ2n) is 9.67. The van der Waals surface area contributed by atoms with Crippen molar-refractivity contribution in [3.63, 3.8) is 0 Å². The van der Waals surface area contributed by atoms with E-state index in [4.69, 9.17) is 4.74 Å². The SMILES string of the molecule is C[C@@H]1CN([C@H](C)CO)C(=O)c2cccc(NC(=O)C3CCCCC3)c2O[C@@H]1CN(C)S(C)(=O)=O. The number of fused-ring (bicyclic) bond motifs is 1. The second-order valence-corrected chi connectivity index (χ2v) is 11.8. The monoisotopic (exact) mass is 495 g/mol. The first-order valence-electron chi connectivity index (χ1n) is 12.0. The van der Waals surface area contributed by atoms with Crippen LogP contribution in [0.2, 0.25) is 0 Å². The molecule has 0 unspecified atom stereocenters. The van der Waals surface area contributed by atoms with Gasteiger partial charge in [0.2, 0.25) is 15.9 Å². The molecule has 2 amide bonds. The molecule has 1 heterocycles. The number of hydrogen-bond donors (Lipinski definition) is 2. The van der Waals surface area contributed by atoms with Crippen molar-refractivity contribution in [1.82, 2.24) is 9.21 Å². The number of rotatable bonds is 7. The number of anilines is 1. The van der Waals surface area contributed by atoms with Gasteiger partial charge in [0.05, 0.1) is 36.7 Å². The Morgan fingerprint density at radius 2 is 1.97 bits per heavy atom. The minimum atomic E-state index is -3.45. The van der Waals surface area contributed by atoms with Gasteiger partial charge < -0.3 is 20.1 Å². The fourth-order valence-electron chi connectivity index (χ4n) is 4.55. The van der Waals surface area contributed by atoms with Crippen LogP contribution in [0.15, 0.2) is 18.2 Å². The van der Waals surface area contributed by atoms with Gasteiger partial charge in [-0.1, -0.05) is 32.3 Å². The van der Waals surface area contributed by atoms with Gasteiger partial charge in [0.25, 0.3) is 5.91 Å². The Balaban J connectivity index is 2.00. The number of likely N-dealkylation sites (N-methyl/N-ethyl adjacent to an activating group) is 1. The Labute approximate surface area is 202 Å². The summed E-state index contributed by atoms with van der Waals surface area (Å²) in [5.74, 6) is -0.467. The fourth-order valence-corrected chi connectivity index (χ4v) is 4.97. The molecule has 2 N–H and O–H groups in total. The molecule has 1 aromatic rings. The van der Waals surface area contributed by atoms with E-state index in [0.717, 1.165) is 38.4 Å². The molecule has 0 spiro atoms. The predicted octanol–water partition coefficient (Wildman–Crippen LogP) is 2.32. The highest BCUT2D eigenvalue weighted by Crippen LogP contribution is 2.36. The Morgan fingerprint density at radius 1 is 1.29 bits per heavy atom. The highest BCUT2D eigenvalue weighted by molar-refractivity contribution is 7.88. The zero-order chi connectivity index (χ0) is 25.0. The van der Waals surface area contributed by atoms with E-state index in [0.29, 0.717) is 12.2 Å². The summed E-state index contributed by atoms with van der Waals surface area (Å²) in [5.41, 5.74) is 0.680. The molecule has 0 aromatic heterocycles. The molecule has 3 rings (SSSR count). The Kier molecular flexibility index (Phi) is 8.59. The topological polar surface area (TPSA) is 116 Å². The summed E-state index contributed by atoms with van der Waals surface area (Å²) in [6, 6.07) is 4.60. The Bertz CT molecular complexity index is 992. The molecule has 1 aliphatic heterocycles. The van der Waals surface area contributed by atoms with E-state index in [9.17, 15) is 23.1 Å². The molecule has 9 nitrogen and oxygen atoms in total. The maximum absolute atomic E-state index is 13.5. The molecule has 2 aliphatic rings. The number of aliphatic hydroxyl groups excluding tert-OH is 1. The number of carbonyl (C=O) groups excluding carboxylic acids is 2. The number of amides is 2. The van der Waals surface area contributed by atoms with E-state index in [2.05, 4.69) is 5.32 Å². The third-order valence-corrected chi connectivity index (χ3v) is 8.21. The van der Waals surface area contributed by atoms with Gasteiger partial charge in [0.15, 0.2) is 5.75 Å². The lowest BCUT2D eigenvalue weighted by Crippen LogP contribution is -2.50. The van der Waals surface area contributed by atoms with Gasteiger partial charge in [-0.05, 0) is 31.9 Å². The molecule has 1 fully saturated rings.